The smallest absolute Gasteiger partial charge is 0.239 e. The van der Waals surface area contributed by atoms with Crippen LogP contribution in [0.15, 0.2) is 42.5 Å². The molecule has 1 atom stereocenters. The predicted octanol–water partition coefficient (Wildman–Crippen LogP) is 2.62. The van der Waals surface area contributed by atoms with Crippen LogP contribution in [-0.4, -0.2) is 25.7 Å². The van der Waals surface area contributed by atoms with Crippen molar-refractivity contribution in [1.29, 1.82) is 5.26 Å². The molecular weight excluding hydrogens is 318 g/mol. The normalized spacial score (nSPS) is 13.4. The van der Waals surface area contributed by atoms with Crippen LogP contribution in [-0.2, 0) is 4.79 Å². The Labute approximate surface area is 146 Å². The molecule has 3 rings (SSSR count). The molecule has 2 aromatic carbocycles. The average Bonchev–Trinajstić information content (AvgIpc) is 2.66. The first kappa shape index (κ1) is 16.7. The Hall–Kier alpha value is -3.20. The summed E-state index contributed by atoms with van der Waals surface area (Å²) in [6.07, 6.45) is 0. The molecule has 6 heteroatoms. The van der Waals surface area contributed by atoms with E-state index < -0.39 is 0 Å². The molecule has 0 aliphatic carbocycles. The van der Waals surface area contributed by atoms with Crippen LogP contribution < -0.4 is 20.1 Å². The highest BCUT2D eigenvalue weighted by molar-refractivity contribution is 5.81. The van der Waals surface area contributed by atoms with Gasteiger partial charge in [0.05, 0.1) is 24.2 Å². The van der Waals surface area contributed by atoms with Gasteiger partial charge in [0, 0.05) is 5.69 Å². The third-order valence-electron chi connectivity index (χ3n) is 3.89. The minimum absolute atomic E-state index is 0.129. The monoisotopic (exact) mass is 337 g/mol. The van der Waals surface area contributed by atoms with Crippen molar-refractivity contribution in [3.63, 3.8) is 0 Å². The van der Waals surface area contributed by atoms with Crippen LogP contribution in [0, 0.1) is 11.3 Å². The van der Waals surface area contributed by atoms with E-state index in [1.165, 1.54) is 0 Å². The molecule has 0 fully saturated rings. The molecule has 2 N–H and O–H groups in total. The fraction of sp³-hybridized carbons (Fsp3) is 0.263. The maximum Gasteiger partial charge on any atom is 0.239 e. The number of nitrogens with one attached hydrogen (secondary N) is 2. The second kappa shape index (κ2) is 7.58. The van der Waals surface area contributed by atoms with E-state index in [4.69, 9.17) is 14.7 Å². The van der Waals surface area contributed by atoms with E-state index >= 15 is 0 Å². The van der Waals surface area contributed by atoms with Crippen LogP contribution in [0.5, 0.6) is 11.5 Å². The van der Waals surface area contributed by atoms with Crippen molar-refractivity contribution in [2.24, 2.45) is 0 Å². The molecular formula is C19H19N3O3. The summed E-state index contributed by atoms with van der Waals surface area (Å²) in [5.74, 6) is 1.30. The molecule has 0 unspecified atom stereocenters. The second-order valence-corrected chi connectivity index (χ2v) is 5.74. The van der Waals surface area contributed by atoms with Crippen LogP contribution in [0.2, 0.25) is 0 Å². The zero-order valence-corrected chi connectivity index (χ0v) is 13.9. The van der Waals surface area contributed by atoms with E-state index in [0.717, 1.165) is 17.0 Å². The first-order chi connectivity index (χ1) is 12.2. The lowest BCUT2D eigenvalue weighted by Gasteiger charge is -2.21. The molecule has 0 aromatic heterocycles. The maximum absolute atomic E-state index is 12.1. The number of carbonyl (C=O) groups is 1. The van der Waals surface area contributed by atoms with Crippen LogP contribution in [0.3, 0.4) is 0 Å². The number of nitriles is 1. The summed E-state index contributed by atoms with van der Waals surface area (Å²) in [5.41, 5.74) is 2.24. The molecule has 1 amide bonds. The van der Waals surface area contributed by atoms with Gasteiger partial charge in [-0.15, -0.1) is 0 Å². The molecule has 1 aliphatic heterocycles. The Morgan fingerprint density at radius 3 is 2.80 bits per heavy atom. The lowest BCUT2D eigenvalue weighted by molar-refractivity contribution is -0.120. The summed E-state index contributed by atoms with van der Waals surface area (Å²) in [6.45, 7) is 3.13. The summed E-state index contributed by atoms with van der Waals surface area (Å²) < 4.78 is 11.1. The summed E-state index contributed by atoms with van der Waals surface area (Å²) >= 11 is 0. The van der Waals surface area contributed by atoms with Gasteiger partial charge < -0.3 is 20.1 Å². The van der Waals surface area contributed by atoms with Gasteiger partial charge in [0.25, 0.3) is 0 Å². The fourth-order valence-electron chi connectivity index (χ4n) is 2.59. The number of rotatable bonds is 5. The lowest BCUT2D eigenvalue weighted by atomic mass is 10.1. The van der Waals surface area contributed by atoms with Crippen molar-refractivity contribution in [3.8, 4) is 17.6 Å². The quantitative estimate of drug-likeness (QED) is 0.876. The van der Waals surface area contributed by atoms with E-state index in [1.807, 2.05) is 31.2 Å². The Kier molecular flexibility index (Phi) is 5.05. The van der Waals surface area contributed by atoms with Crippen LogP contribution >= 0.6 is 0 Å². The molecule has 0 saturated carbocycles. The van der Waals surface area contributed by atoms with Crippen molar-refractivity contribution in [2.45, 2.75) is 13.0 Å². The molecule has 0 spiro atoms. The topological polar surface area (TPSA) is 83.4 Å². The van der Waals surface area contributed by atoms with Crippen LogP contribution in [0.1, 0.15) is 24.1 Å². The summed E-state index contributed by atoms with van der Waals surface area (Å²) in [6, 6.07) is 14.6. The summed E-state index contributed by atoms with van der Waals surface area (Å²) in [7, 11) is 0. The number of ether oxygens (including phenoxy) is 2. The predicted molar refractivity (Wildman–Crippen MR) is 93.6 cm³/mol. The molecule has 1 heterocycles. The number of carbonyl (C=O) groups excluding carboxylic acids is 1. The van der Waals surface area contributed by atoms with Gasteiger partial charge in [0.15, 0.2) is 11.5 Å². The molecule has 128 valence electrons. The van der Waals surface area contributed by atoms with Crippen molar-refractivity contribution in [1.82, 2.24) is 5.32 Å². The van der Waals surface area contributed by atoms with Gasteiger partial charge in [-0.2, -0.15) is 5.26 Å². The van der Waals surface area contributed by atoms with E-state index in [2.05, 4.69) is 16.7 Å². The highest BCUT2D eigenvalue weighted by atomic mass is 16.6. The maximum atomic E-state index is 12.1. The van der Waals surface area contributed by atoms with Gasteiger partial charge >= 0.3 is 0 Å². The van der Waals surface area contributed by atoms with Gasteiger partial charge in [-0.25, -0.2) is 0 Å². The molecule has 25 heavy (non-hydrogen) atoms. The average molecular weight is 337 g/mol. The number of nitrogens with zero attached hydrogens (tertiary/aromatic N) is 1. The van der Waals surface area contributed by atoms with E-state index in [0.29, 0.717) is 24.5 Å². The number of hydrogen-bond donors (Lipinski definition) is 2. The highest BCUT2D eigenvalue weighted by Crippen LogP contribution is 2.32. The largest absolute Gasteiger partial charge is 0.486 e. The summed E-state index contributed by atoms with van der Waals surface area (Å²) in [4.78, 5) is 12.1. The number of benzene rings is 2. The lowest BCUT2D eigenvalue weighted by Crippen LogP contribution is -2.32. The van der Waals surface area contributed by atoms with Crippen molar-refractivity contribution in [3.05, 3.63) is 53.6 Å². The SMILES string of the molecule is C[C@H](NC(=O)CNc1cccc(C#N)c1)c1ccc2c(c1)OCCO2. The van der Waals surface area contributed by atoms with E-state index in [-0.39, 0.29) is 18.5 Å². The van der Waals surface area contributed by atoms with Gasteiger partial charge in [-0.1, -0.05) is 12.1 Å². The third kappa shape index (κ3) is 4.21. The number of fused-ring (bicyclic) bond motifs is 1. The van der Waals surface area contributed by atoms with Gasteiger partial charge in [0.1, 0.15) is 13.2 Å². The summed E-state index contributed by atoms with van der Waals surface area (Å²) in [5, 5.41) is 14.8. The first-order valence-corrected chi connectivity index (χ1v) is 8.08. The molecule has 0 saturated heterocycles. The molecule has 1 aliphatic rings. The Bertz CT molecular complexity index is 814. The van der Waals surface area contributed by atoms with Crippen molar-refractivity contribution >= 4 is 11.6 Å². The van der Waals surface area contributed by atoms with E-state index in [1.54, 1.807) is 18.2 Å². The molecule has 0 bridgehead atoms. The molecule has 0 radical (unpaired) electrons. The number of amides is 1. The first-order valence-electron chi connectivity index (χ1n) is 8.08. The zero-order chi connectivity index (χ0) is 17.6. The van der Waals surface area contributed by atoms with Crippen molar-refractivity contribution in [2.75, 3.05) is 25.1 Å². The molecule has 6 nitrogen and oxygen atoms in total. The number of hydrogen-bond acceptors (Lipinski definition) is 5. The van der Waals surface area contributed by atoms with Crippen molar-refractivity contribution < 1.29 is 14.3 Å². The highest BCUT2D eigenvalue weighted by Gasteiger charge is 2.15. The Morgan fingerprint density at radius 2 is 2.00 bits per heavy atom. The van der Waals surface area contributed by atoms with Crippen LogP contribution in [0.4, 0.5) is 5.69 Å². The van der Waals surface area contributed by atoms with E-state index in [9.17, 15) is 4.79 Å². The minimum atomic E-state index is -0.157. The Balaban J connectivity index is 1.56. The molecule has 2 aromatic rings. The van der Waals surface area contributed by atoms with Crippen LogP contribution in [0.25, 0.3) is 0 Å². The fourth-order valence-corrected chi connectivity index (χ4v) is 2.59. The van der Waals surface area contributed by atoms with Gasteiger partial charge in [-0.3, -0.25) is 4.79 Å². The third-order valence-corrected chi connectivity index (χ3v) is 3.89. The second-order valence-electron chi connectivity index (χ2n) is 5.74. The van der Waals surface area contributed by atoms with Gasteiger partial charge in [-0.05, 0) is 42.8 Å². The minimum Gasteiger partial charge on any atom is -0.486 e. The number of anilines is 1. The van der Waals surface area contributed by atoms with Gasteiger partial charge in [0.2, 0.25) is 5.91 Å². The standard InChI is InChI=1S/C19H19N3O3/c1-13(15-5-6-17-18(10-15)25-8-7-24-17)22-19(23)12-21-16-4-2-3-14(9-16)11-20/h2-6,9-10,13,21H,7-8,12H2,1H3,(H,22,23)/t13-/m0/s1. The Morgan fingerprint density at radius 1 is 1.20 bits per heavy atom. The zero-order valence-electron chi connectivity index (χ0n) is 13.9.